The summed E-state index contributed by atoms with van der Waals surface area (Å²) < 4.78 is 0. The molecule has 0 saturated carbocycles. The zero-order valence-electron chi connectivity index (χ0n) is 10.6. The van der Waals surface area contributed by atoms with Crippen LogP contribution in [0.5, 0.6) is 0 Å². The highest BCUT2D eigenvalue weighted by molar-refractivity contribution is 6.05. The van der Waals surface area contributed by atoms with Crippen LogP contribution >= 0.6 is 0 Å². The fourth-order valence-electron chi connectivity index (χ4n) is 1.64. The zero-order chi connectivity index (χ0) is 14.4. The Labute approximate surface area is 110 Å². The Hall–Kier alpha value is -2.21. The number of benzene rings is 1. The Bertz CT molecular complexity index is 469. The number of nitrogens with two attached hydrogens (primary N) is 1. The molecule has 1 aromatic rings. The van der Waals surface area contributed by atoms with E-state index in [-0.39, 0.29) is 18.2 Å². The highest BCUT2D eigenvalue weighted by Crippen LogP contribution is 2.14. The number of amides is 2. The van der Waals surface area contributed by atoms with Crippen LogP contribution in [0.3, 0.4) is 0 Å². The van der Waals surface area contributed by atoms with Crippen molar-refractivity contribution in [3.8, 4) is 0 Å². The molecular formula is C13H16N2O4. The minimum Gasteiger partial charge on any atom is -0.481 e. The molecule has 6 heteroatoms. The van der Waals surface area contributed by atoms with E-state index < -0.39 is 12.0 Å². The summed E-state index contributed by atoms with van der Waals surface area (Å²) in [7, 11) is 0. The Balaban J connectivity index is 0.000000399. The van der Waals surface area contributed by atoms with Gasteiger partial charge in [-0.05, 0) is 5.56 Å². The number of carbonyl (C=O) groups excluding carboxylic acids is 2. The summed E-state index contributed by atoms with van der Waals surface area (Å²) in [6.45, 7) is 1.41. The predicted octanol–water partition coefficient (Wildman–Crippen LogP) is 0.364. The number of carboxylic acid groups (broad SMARTS) is 1. The van der Waals surface area contributed by atoms with Crippen LogP contribution in [-0.4, -0.2) is 33.8 Å². The van der Waals surface area contributed by atoms with Crippen LogP contribution in [0.25, 0.3) is 0 Å². The summed E-state index contributed by atoms with van der Waals surface area (Å²) in [5.41, 5.74) is 6.44. The Morgan fingerprint density at radius 1 is 1.37 bits per heavy atom. The molecule has 3 N–H and O–H groups in total. The number of likely N-dealkylation sites (tertiary alicyclic amines) is 1. The van der Waals surface area contributed by atoms with Crippen LogP contribution in [0.15, 0.2) is 30.3 Å². The Morgan fingerprint density at radius 2 is 1.89 bits per heavy atom. The van der Waals surface area contributed by atoms with Gasteiger partial charge in [0.15, 0.2) is 0 Å². The zero-order valence-corrected chi connectivity index (χ0v) is 10.6. The second-order valence-electron chi connectivity index (χ2n) is 4.13. The van der Waals surface area contributed by atoms with Gasteiger partial charge in [-0.2, -0.15) is 0 Å². The van der Waals surface area contributed by atoms with E-state index in [4.69, 9.17) is 15.6 Å². The molecule has 19 heavy (non-hydrogen) atoms. The van der Waals surface area contributed by atoms with E-state index in [1.807, 2.05) is 30.3 Å². The van der Waals surface area contributed by atoms with Crippen LogP contribution in [-0.2, 0) is 20.9 Å². The molecule has 1 fully saturated rings. The molecule has 102 valence electrons. The summed E-state index contributed by atoms with van der Waals surface area (Å²) >= 11 is 0. The van der Waals surface area contributed by atoms with Gasteiger partial charge in [-0.25, -0.2) is 0 Å². The highest BCUT2D eigenvalue weighted by atomic mass is 16.4. The normalized spacial score (nSPS) is 18.0. The maximum absolute atomic E-state index is 11.5. The average molecular weight is 264 g/mol. The van der Waals surface area contributed by atoms with E-state index in [9.17, 15) is 9.59 Å². The van der Waals surface area contributed by atoms with E-state index in [0.29, 0.717) is 6.54 Å². The highest BCUT2D eigenvalue weighted by Gasteiger charge is 2.35. The molecule has 2 amide bonds. The van der Waals surface area contributed by atoms with Crippen molar-refractivity contribution in [1.82, 2.24) is 4.90 Å². The Morgan fingerprint density at radius 3 is 2.32 bits per heavy atom. The first kappa shape index (κ1) is 14.8. The van der Waals surface area contributed by atoms with E-state index >= 15 is 0 Å². The third-order valence-corrected chi connectivity index (χ3v) is 2.46. The van der Waals surface area contributed by atoms with E-state index in [1.165, 1.54) is 4.90 Å². The molecule has 1 aliphatic rings. The van der Waals surface area contributed by atoms with Gasteiger partial charge < -0.3 is 10.8 Å². The molecule has 0 spiro atoms. The SMILES string of the molecule is CC(=O)O.NC1CC(=O)N(Cc2ccccc2)C1=O. The molecule has 2 rings (SSSR count). The lowest BCUT2D eigenvalue weighted by Gasteiger charge is -2.13. The summed E-state index contributed by atoms with van der Waals surface area (Å²) in [4.78, 5) is 33.1. The molecule has 0 aromatic heterocycles. The van der Waals surface area contributed by atoms with Crippen LogP contribution in [0.4, 0.5) is 0 Å². The minimum atomic E-state index is -0.833. The number of aliphatic carboxylic acids is 1. The van der Waals surface area contributed by atoms with E-state index in [2.05, 4.69) is 0 Å². The molecule has 1 aliphatic heterocycles. The first-order chi connectivity index (χ1) is 8.91. The number of hydrogen-bond donors (Lipinski definition) is 2. The van der Waals surface area contributed by atoms with E-state index in [0.717, 1.165) is 12.5 Å². The molecule has 6 nitrogen and oxygen atoms in total. The molecule has 0 bridgehead atoms. The van der Waals surface area contributed by atoms with Gasteiger partial charge in [-0.3, -0.25) is 19.3 Å². The van der Waals surface area contributed by atoms with Gasteiger partial charge in [0.05, 0.1) is 19.0 Å². The fourth-order valence-corrected chi connectivity index (χ4v) is 1.64. The second kappa shape index (κ2) is 6.65. The summed E-state index contributed by atoms with van der Waals surface area (Å²) in [6.07, 6.45) is 0.131. The number of rotatable bonds is 2. The molecule has 1 saturated heterocycles. The molecule has 1 atom stereocenters. The monoisotopic (exact) mass is 264 g/mol. The van der Waals surface area contributed by atoms with Crippen molar-refractivity contribution in [1.29, 1.82) is 0 Å². The van der Waals surface area contributed by atoms with Crippen molar-refractivity contribution in [3.05, 3.63) is 35.9 Å². The molecule has 0 radical (unpaired) electrons. The lowest BCUT2D eigenvalue weighted by molar-refractivity contribution is -0.139. The van der Waals surface area contributed by atoms with Gasteiger partial charge in [-0.15, -0.1) is 0 Å². The van der Waals surface area contributed by atoms with Crippen LogP contribution in [0.2, 0.25) is 0 Å². The first-order valence-electron chi connectivity index (χ1n) is 5.75. The van der Waals surface area contributed by atoms with Gasteiger partial charge in [-0.1, -0.05) is 30.3 Å². The fraction of sp³-hybridized carbons (Fsp3) is 0.308. The van der Waals surface area contributed by atoms with Crippen molar-refractivity contribution in [2.24, 2.45) is 5.73 Å². The predicted molar refractivity (Wildman–Crippen MR) is 67.9 cm³/mol. The lowest BCUT2D eigenvalue weighted by Crippen LogP contribution is -2.34. The van der Waals surface area contributed by atoms with Crippen molar-refractivity contribution in [2.75, 3.05) is 0 Å². The van der Waals surface area contributed by atoms with Crippen molar-refractivity contribution in [2.45, 2.75) is 25.9 Å². The summed E-state index contributed by atoms with van der Waals surface area (Å²) in [5, 5.41) is 7.42. The topological polar surface area (TPSA) is 101 Å². The molecule has 1 unspecified atom stereocenters. The number of hydrogen-bond acceptors (Lipinski definition) is 4. The lowest BCUT2D eigenvalue weighted by atomic mass is 10.2. The smallest absolute Gasteiger partial charge is 0.300 e. The number of carbonyl (C=O) groups is 3. The van der Waals surface area contributed by atoms with Crippen molar-refractivity contribution < 1.29 is 19.5 Å². The van der Waals surface area contributed by atoms with Gasteiger partial charge in [0.1, 0.15) is 0 Å². The van der Waals surface area contributed by atoms with Crippen molar-refractivity contribution in [3.63, 3.8) is 0 Å². The van der Waals surface area contributed by atoms with Gasteiger partial charge in [0.25, 0.3) is 5.97 Å². The molecule has 0 aliphatic carbocycles. The van der Waals surface area contributed by atoms with Crippen LogP contribution < -0.4 is 5.73 Å². The summed E-state index contributed by atoms with van der Waals surface area (Å²) in [6, 6.07) is 8.75. The quantitative estimate of drug-likeness (QED) is 0.751. The van der Waals surface area contributed by atoms with Gasteiger partial charge in [0.2, 0.25) is 11.8 Å². The average Bonchev–Trinajstić information content (AvgIpc) is 2.57. The number of imide groups is 1. The maximum Gasteiger partial charge on any atom is 0.300 e. The molecule has 1 aromatic carbocycles. The third kappa shape index (κ3) is 4.51. The van der Waals surface area contributed by atoms with Gasteiger partial charge >= 0.3 is 0 Å². The first-order valence-corrected chi connectivity index (χ1v) is 5.75. The second-order valence-corrected chi connectivity index (χ2v) is 4.13. The van der Waals surface area contributed by atoms with Crippen molar-refractivity contribution >= 4 is 17.8 Å². The third-order valence-electron chi connectivity index (χ3n) is 2.46. The molecular weight excluding hydrogens is 248 g/mol. The van der Waals surface area contributed by atoms with Gasteiger partial charge in [0, 0.05) is 6.92 Å². The molecule has 1 heterocycles. The number of nitrogens with zero attached hydrogens (tertiary/aromatic N) is 1. The Kier molecular flexibility index (Phi) is 5.20. The van der Waals surface area contributed by atoms with Crippen LogP contribution in [0, 0.1) is 0 Å². The van der Waals surface area contributed by atoms with Crippen LogP contribution in [0.1, 0.15) is 18.9 Å². The number of carboxylic acids is 1. The maximum atomic E-state index is 11.5. The minimum absolute atomic E-state index is 0.131. The van der Waals surface area contributed by atoms with E-state index in [1.54, 1.807) is 0 Å². The largest absolute Gasteiger partial charge is 0.481 e. The summed E-state index contributed by atoms with van der Waals surface area (Å²) in [5.74, 6) is -1.29. The standard InChI is InChI=1S/C11H12N2O2.C2H4O2/c12-9-6-10(14)13(11(9)15)7-8-4-2-1-3-5-8;1-2(3)4/h1-5,9H,6-7,12H2;1H3,(H,3,4).